The lowest BCUT2D eigenvalue weighted by Gasteiger charge is -2.15. The minimum absolute atomic E-state index is 0.225. The number of anilines is 3. The van der Waals surface area contributed by atoms with E-state index in [-0.39, 0.29) is 5.91 Å². The van der Waals surface area contributed by atoms with E-state index in [4.69, 9.17) is 9.72 Å². The molecule has 0 spiro atoms. The van der Waals surface area contributed by atoms with E-state index in [0.29, 0.717) is 17.1 Å². The van der Waals surface area contributed by atoms with Crippen LogP contribution in [0.4, 0.5) is 17.2 Å². The Labute approximate surface area is 169 Å². The Morgan fingerprint density at radius 1 is 0.931 bits per heavy atom. The molecule has 0 saturated carbocycles. The van der Waals surface area contributed by atoms with Crippen molar-refractivity contribution in [2.45, 2.75) is 6.92 Å². The Morgan fingerprint density at radius 2 is 1.69 bits per heavy atom. The van der Waals surface area contributed by atoms with Gasteiger partial charge in [-0.1, -0.05) is 36.4 Å². The van der Waals surface area contributed by atoms with Crippen LogP contribution in [-0.4, -0.2) is 18.0 Å². The van der Waals surface area contributed by atoms with Crippen molar-refractivity contribution in [3.63, 3.8) is 0 Å². The fourth-order valence-electron chi connectivity index (χ4n) is 3.10. The molecule has 1 heterocycles. The number of hydrogen-bond acceptors (Lipinski definition) is 4. The van der Waals surface area contributed by atoms with E-state index in [1.54, 1.807) is 7.11 Å². The molecule has 0 aliphatic rings. The smallest absolute Gasteiger partial charge is 0.259 e. The van der Waals surface area contributed by atoms with Crippen molar-refractivity contribution >= 4 is 34.0 Å². The summed E-state index contributed by atoms with van der Waals surface area (Å²) in [4.78, 5) is 17.8. The van der Waals surface area contributed by atoms with Gasteiger partial charge in [-0.05, 0) is 48.9 Å². The molecule has 0 fully saturated rings. The summed E-state index contributed by atoms with van der Waals surface area (Å²) in [5.41, 5.74) is 3.91. The summed E-state index contributed by atoms with van der Waals surface area (Å²) >= 11 is 0. The van der Waals surface area contributed by atoms with E-state index < -0.39 is 0 Å². The predicted octanol–water partition coefficient (Wildman–Crippen LogP) is 5.55. The highest BCUT2D eigenvalue weighted by Gasteiger charge is 2.16. The molecule has 5 nitrogen and oxygen atoms in total. The van der Waals surface area contributed by atoms with E-state index in [2.05, 4.69) is 10.6 Å². The normalized spacial score (nSPS) is 10.6. The van der Waals surface area contributed by atoms with Gasteiger partial charge < -0.3 is 15.4 Å². The number of aromatic nitrogens is 1. The number of nitrogens with one attached hydrogen (secondary N) is 2. The van der Waals surface area contributed by atoms with Crippen molar-refractivity contribution in [2.24, 2.45) is 0 Å². The molecule has 0 bridgehead atoms. The van der Waals surface area contributed by atoms with Crippen LogP contribution >= 0.6 is 0 Å². The van der Waals surface area contributed by atoms with Crippen LogP contribution in [0, 0.1) is 6.92 Å². The number of amides is 1. The maximum atomic E-state index is 13.1. The molecule has 4 aromatic rings. The summed E-state index contributed by atoms with van der Waals surface area (Å²) in [7, 11) is 1.62. The average molecular weight is 383 g/mol. The Morgan fingerprint density at radius 3 is 2.45 bits per heavy atom. The van der Waals surface area contributed by atoms with Gasteiger partial charge >= 0.3 is 0 Å². The Kier molecular flexibility index (Phi) is 5.12. The second kappa shape index (κ2) is 8.02. The molecule has 1 amide bonds. The third-order valence-electron chi connectivity index (χ3n) is 4.70. The molecule has 0 aliphatic carbocycles. The first kappa shape index (κ1) is 18.5. The molecule has 0 unspecified atom stereocenters. The van der Waals surface area contributed by atoms with Crippen LogP contribution in [0.3, 0.4) is 0 Å². The van der Waals surface area contributed by atoms with Gasteiger partial charge in [-0.2, -0.15) is 0 Å². The van der Waals surface area contributed by atoms with Crippen LogP contribution in [0.25, 0.3) is 10.9 Å². The van der Waals surface area contributed by atoms with E-state index in [9.17, 15) is 4.79 Å². The fourth-order valence-corrected chi connectivity index (χ4v) is 3.10. The molecule has 5 heteroatoms. The Hall–Kier alpha value is -3.86. The molecule has 0 aliphatic heterocycles. The van der Waals surface area contributed by atoms with Gasteiger partial charge in [0.1, 0.15) is 11.6 Å². The quantitative estimate of drug-likeness (QED) is 0.474. The number of nitrogens with zero attached hydrogens (tertiary/aromatic N) is 1. The number of carbonyl (C=O) groups excluding carboxylic acids is 1. The second-order valence-electron chi connectivity index (χ2n) is 6.70. The molecule has 144 valence electrons. The number of ether oxygens (including phenoxy) is 1. The number of para-hydroxylation sites is 2. The lowest BCUT2D eigenvalue weighted by Crippen LogP contribution is -2.15. The van der Waals surface area contributed by atoms with Crippen LogP contribution in [0.15, 0.2) is 78.9 Å². The van der Waals surface area contributed by atoms with Crippen molar-refractivity contribution in [3.05, 3.63) is 90.0 Å². The summed E-state index contributed by atoms with van der Waals surface area (Å²) in [5, 5.41) is 7.13. The van der Waals surface area contributed by atoms with Gasteiger partial charge in [0.05, 0.1) is 18.2 Å². The highest BCUT2D eigenvalue weighted by molar-refractivity contribution is 6.10. The zero-order chi connectivity index (χ0) is 20.2. The second-order valence-corrected chi connectivity index (χ2v) is 6.70. The number of benzene rings is 3. The average Bonchev–Trinajstić information content (AvgIpc) is 2.75. The Bertz CT molecular complexity index is 1170. The van der Waals surface area contributed by atoms with Crippen molar-refractivity contribution < 1.29 is 9.53 Å². The third kappa shape index (κ3) is 4.04. The van der Waals surface area contributed by atoms with Gasteiger partial charge in [0.2, 0.25) is 0 Å². The molecule has 4 rings (SSSR count). The monoisotopic (exact) mass is 383 g/mol. The Balaban J connectivity index is 1.79. The fraction of sp³-hybridized carbons (Fsp3) is 0.0833. The van der Waals surface area contributed by atoms with Crippen molar-refractivity contribution in [1.29, 1.82) is 0 Å². The molecular formula is C24H21N3O2. The molecule has 1 aromatic heterocycles. The van der Waals surface area contributed by atoms with Crippen LogP contribution in [-0.2, 0) is 0 Å². The summed E-state index contributed by atoms with van der Waals surface area (Å²) in [6.07, 6.45) is 0. The van der Waals surface area contributed by atoms with E-state index >= 15 is 0 Å². The van der Waals surface area contributed by atoms with Crippen molar-refractivity contribution in [2.75, 3.05) is 17.7 Å². The lowest BCUT2D eigenvalue weighted by molar-refractivity contribution is 0.102. The molecule has 0 radical (unpaired) electrons. The van der Waals surface area contributed by atoms with Crippen molar-refractivity contribution in [3.8, 4) is 5.75 Å². The predicted molar refractivity (Wildman–Crippen MR) is 117 cm³/mol. The van der Waals surface area contributed by atoms with Crippen LogP contribution < -0.4 is 15.4 Å². The third-order valence-corrected chi connectivity index (χ3v) is 4.70. The summed E-state index contributed by atoms with van der Waals surface area (Å²) < 4.78 is 5.32. The molecule has 29 heavy (non-hydrogen) atoms. The lowest BCUT2D eigenvalue weighted by atomic mass is 10.1. The van der Waals surface area contributed by atoms with Gasteiger partial charge in [0.25, 0.3) is 5.91 Å². The largest absolute Gasteiger partial charge is 0.497 e. The highest BCUT2D eigenvalue weighted by Crippen LogP contribution is 2.28. The number of pyridine rings is 1. The zero-order valence-corrected chi connectivity index (χ0v) is 16.3. The van der Waals surface area contributed by atoms with Gasteiger partial charge in [0.15, 0.2) is 0 Å². The first-order chi connectivity index (χ1) is 14.1. The molecule has 3 aromatic carbocycles. The van der Waals surface area contributed by atoms with Gasteiger partial charge in [-0.3, -0.25) is 4.79 Å². The number of hydrogen-bond donors (Lipinski definition) is 2. The zero-order valence-electron chi connectivity index (χ0n) is 16.3. The van der Waals surface area contributed by atoms with Crippen LogP contribution in [0.2, 0.25) is 0 Å². The molecular weight excluding hydrogens is 362 g/mol. The number of methoxy groups -OCH3 is 1. The number of carbonyl (C=O) groups is 1. The van der Waals surface area contributed by atoms with Crippen LogP contribution in [0.1, 0.15) is 15.9 Å². The molecule has 2 N–H and O–H groups in total. The van der Waals surface area contributed by atoms with E-state index in [1.807, 2.05) is 85.8 Å². The van der Waals surface area contributed by atoms with Gasteiger partial charge in [-0.25, -0.2) is 4.98 Å². The van der Waals surface area contributed by atoms with Crippen molar-refractivity contribution in [1.82, 2.24) is 4.98 Å². The number of rotatable bonds is 5. The van der Waals surface area contributed by atoms with E-state index in [1.165, 1.54) is 0 Å². The molecule has 0 saturated heterocycles. The van der Waals surface area contributed by atoms with Crippen LogP contribution in [0.5, 0.6) is 5.75 Å². The van der Waals surface area contributed by atoms with E-state index in [0.717, 1.165) is 27.8 Å². The standard InChI is InChI=1S/C24H21N3O2/c1-16-8-6-7-11-21(16)26-23-20(24(28)25-18-9-4-3-5-10-18)14-17-12-13-19(29-2)15-22(17)27-23/h3-15H,1-2H3,(H,25,28)(H,26,27). The number of fused-ring (bicyclic) bond motifs is 1. The maximum Gasteiger partial charge on any atom is 0.259 e. The topological polar surface area (TPSA) is 63.2 Å². The SMILES string of the molecule is COc1ccc2cc(C(=O)Nc3ccccc3)c(Nc3ccccc3C)nc2c1. The first-order valence-electron chi connectivity index (χ1n) is 9.32. The number of aryl methyl sites for hydroxylation is 1. The highest BCUT2D eigenvalue weighted by atomic mass is 16.5. The minimum Gasteiger partial charge on any atom is -0.497 e. The summed E-state index contributed by atoms with van der Waals surface area (Å²) in [5.74, 6) is 0.985. The summed E-state index contributed by atoms with van der Waals surface area (Å²) in [6, 6.07) is 24.7. The summed E-state index contributed by atoms with van der Waals surface area (Å²) in [6.45, 7) is 2.01. The molecule has 0 atom stereocenters. The minimum atomic E-state index is -0.225. The maximum absolute atomic E-state index is 13.1. The van der Waals surface area contributed by atoms with Gasteiger partial charge in [-0.15, -0.1) is 0 Å². The first-order valence-corrected chi connectivity index (χ1v) is 9.32. The van der Waals surface area contributed by atoms with Gasteiger partial charge in [0, 0.05) is 22.8 Å².